The van der Waals surface area contributed by atoms with Crippen molar-refractivity contribution in [2.75, 3.05) is 18.6 Å². The number of hydrogen-bond donors (Lipinski definition) is 1. The lowest BCUT2D eigenvalue weighted by molar-refractivity contribution is -0.129. The minimum atomic E-state index is -0.558. The fraction of sp³-hybridized carbons (Fsp3) is 0.300. The Balaban J connectivity index is 2.21. The molecule has 2 amide bonds. The Morgan fingerprint density at radius 3 is 3.06 bits per heavy atom. The fourth-order valence-electron chi connectivity index (χ4n) is 1.47. The Bertz CT molecular complexity index is 440. The molecule has 1 unspecified atom stereocenters. The number of hydrogen-bond acceptors (Lipinski definition) is 5. The number of carbonyl (C=O) groups is 2. The molecule has 1 aliphatic rings. The topological polar surface area (TPSA) is 84.1 Å². The van der Waals surface area contributed by atoms with Crippen molar-refractivity contribution in [3.05, 3.63) is 18.4 Å². The van der Waals surface area contributed by atoms with Crippen LogP contribution in [0.25, 0.3) is 0 Å². The summed E-state index contributed by atoms with van der Waals surface area (Å²) in [4.78, 5) is 28.8. The van der Waals surface area contributed by atoms with Gasteiger partial charge in [-0.1, -0.05) is 5.16 Å². The highest BCUT2D eigenvalue weighted by molar-refractivity contribution is 6.33. The maximum atomic E-state index is 11.8. The Kier molecular flexibility index (Phi) is 3.08. The lowest BCUT2D eigenvalue weighted by atomic mass is 10.1. The number of β-lactam (4-membered cyclic amide) rings is 1. The van der Waals surface area contributed by atoms with Crippen LogP contribution in [-0.2, 0) is 14.4 Å². The van der Waals surface area contributed by atoms with Gasteiger partial charge in [0.25, 0.3) is 5.91 Å². The summed E-state index contributed by atoms with van der Waals surface area (Å²) in [6, 6.07) is 2.68. The largest absolute Gasteiger partial charge is 0.448 e. The van der Waals surface area contributed by atoms with E-state index in [2.05, 4.69) is 15.3 Å². The van der Waals surface area contributed by atoms with E-state index in [0.717, 1.165) is 6.21 Å². The molecular formula is C10H11N3O4. The third kappa shape index (κ3) is 2.12. The summed E-state index contributed by atoms with van der Waals surface area (Å²) in [6.45, 7) is 0.395. The number of anilines is 1. The van der Waals surface area contributed by atoms with Gasteiger partial charge in [0.1, 0.15) is 19.4 Å². The van der Waals surface area contributed by atoms with Crippen molar-refractivity contribution in [3.63, 3.8) is 0 Å². The van der Waals surface area contributed by atoms with Crippen molar-refractivity contribution in [1.82, 2.24) is 5.32 Å². The highest BCUT2D eigenvalue weighted by atomic mass is 16.6. The number of carbonyl (C=O) groups excluding carboxylic acids is 2. The van der Waals surface area contributed by atoms with E-state index >= 15 is 0 Å². The van der Waals surface area contributed by atoms with Crippen LogP contribution in [0, 0.1) is 0 Å². The average Bonchev–Trinajstić information content (AvgIpc) is 2.84. The first-order chi connectivity index (χ1) is 8.24. The summed E-state index contributed by atoms with van der Waals surface area (Å²) in [6.07, 6.45) is 2.42. The van der Waals surface area contributed by atoms with Crippen LogP contribution in [0.3, 0.4) is 0 Å². The predicted octanol–water partition coefficient (Wildman–Crippen LogP) is -0.257. The van der Waals surface area contributed by atoms with Gasteiger partial charge in [-0.2, -0.15) is 0 Å². The lowest BCUT2D eigenvalue weighted by Gasteiger charge is -2.34. The zero-order valence-corrected chi connectivity index (χ0v) is 9.12. The Morgan fingerprint density at radius 1 is 1.76 bits per heavy atom. The normalized spacial score (nSPS) is 18.6. The standard InChI is InChI=1S/C10H11N3O4/c1-16-12-6-8(14)13(7-5-11-10(7)15)9-3-2-4-17-9/h2-4,6-7H,5H2,1H3,(H,11,15). The molecule has 2 heterocycles. The molecule has 17 heavy (non-hydrogen) atoms. The second kappa shape index (κ2) is 4.69. The zero-order valence-electron chi connectivity index (χ0n) is 9.12. The Hall–Kier alpha value is -2.31. The molecule has 7 nitrogen and oxygen atoms in total. The quantitative estimate of drug-likeness (QED) is 0.444. The summed E-state index contributed by atoms with van der Waals surface area (Å²) in [5.41, 5.74) is 0. The minimum absolute atomic E-state index is 0.222. The highest BCUT2D eigenvalue weighted by Gasteiger charge is 2.38. The average molecular weight is 237 g/mol. The van der Waals surface area contributed by atoms with Crippen LogP contribution in [0.15, 0.2) is 28.0 Å². The monoisotopic (exact) mass is 237 g/mol. The number of nitrogens with one attached hydrogen (secondary N) is 1. The molecule has 0 bridgehead atoms. The van der Waals surface area contributed by atoms with E-state index in [-0.39, 0.29) is 5.91 Å². The zero-order chi connectivity index (χ0) is 12.3. The van der Waals surface area contributed by atoms with Crippen molar-refractivity contribution in [1.29, 1.82) is 0 Å². The van der Waals surface area contributed by atoms with Gasteiger partial charge in [0.15, 0.2) is 0 Å². The van der Waals surface area contributed by atoms with Crippen molar-refractivity contribution < 1.29 is 18.8 Å². The molecule has 1 aromatic rings. The minimum Gasteiger partial charge on any atom is -0.448 e. The maximum absolute atomic E-state index is 11.8. The van der Waals surface area contributed by atoms with Crippen molar-refractivity contribution in [3.8, 4) is 0 Å². The maximum Gasteiger partial charge on any atom is 0.275 e. The lowest BCUT2D eigenvalue weighted by Crippen LogP contribution is -2.63. The molecule has 0 saturated carbocycles. The number of oxime groups is 1. The Morgan fingerprint density at radius 2 is 2.59 bits per heavy atom. The van der Waals surface area contributed by atoms with Crippen LogP contribution < -0.4 is 10.2 Å². The van der Waals surface area contributed by atoms with E-state index in [9.17, 15) is 9.59 Å². The summed E-state index contributed by atoms with van der Waals surface area (Å²) >= 11 is 0. The number of rotatable bonds is 4. The predicted molar refractivity (Wildman–Crippen MR) is 58.5 cm³/mol. The van der Waals surface area contributed by atoms with Gasteiger partial charge >= 0.3 is 0 Å². The van der Waals surface area contributed by atoms with Gasteiger partial charge in [-0.25, -0.2) is 0 Å². The molecule has 90 valence electrons. The smallest absolute Gasteiger partial charge is 0.275 e. The van der Waals surface area contributed by atoms with Crippen LogP contribution in [0.4, 0.5) is 5.88 Å². The highest BCUT2D eigenvalue weighted by Crippen LogP contribution is 2.20. The first kappa shape index (κ1) is 11.2. The number of nitrogens with zero attached hydrogens (tertiary/aromatic N) is 2. The van der Waals surface area contributed by atoms with Crippen LogP contribution in [0.1, 0.15) is 0 Å². The van der Waals surface area contributed by atoms with E-state index in [0.29, 0.717) is 12.4 Å². The van der Waals surface area contributed by atoms with Gasteiger partial charge in [-0.05, 0) is 6.07 Å². The van der Waals surface area contributed by atoms with Gasteiger partial charge in [0, 0.05) is 12.6 Å². The van der Waals surface area contributed by atoms with Crippen molar-refractivity contribution in [2.24, 2.45) is 5.16 Å². The van der Waals surface area contributed by atoms with Gasteiger partial charge in [-0.3, -0.25) is 14.5 Å². The van der Waals surface area contributed by atoms with Crippen LogP contribution in [0.5, 0.6) is 0 Å². The van der Waals surface area contributed by atoms with E-state index < -0.39 is 11.9 Å². The fourth-order valence-corrected chi connectivity index (χ4v) is 1.47. The molecule has 0 radical (unpaired) electrons. The van der Waals surface area contributed by atoms with Crippen molar-refractivity contribution in [2.45, 2.75) is 6.04 Å². The van der Waals surface area contributed by atoms with E-state index in [1.807, 2.05) is 0 Å². The molecule has 1 atom stereocenters. The second-order valence-corrected chi connectivity index (χ2v) is 3.34. The van der Waals surface area contributed by atoms with E-state index in [1.54, 1.807) is 12.1 Å². The molecular weight excluding hydrogens is 226 g/mol. The molecule has 1 saturated heterocycles. The summed E-state index contributed by atoms with van der Waals surface area (Å²) < 4.78 is 5.12. The van der Waals surface area contributed by atoms with E-state index in [1.165, 1.54) is 18.3 Å². The van der Waals surface area contributed by atoms with Gasteiger partial charge in [0.05, 0.1) is 6.26 Å². The SMILES string of the molecule is CON=CC(=O)N(c1ccco1)C1CNC1=O. The molecule has 1 fully saturated rings. The molecule has 1 N–H and O–H groups in total. The molecule has 2 rings (SSSR count). The molecule has 1 aromatic heterocycles. The third-order valence-corrected chi connectivity index (χ3v) is 2.33. The van der Waals surface area contributed by atoms with E-state index in [4.69, 9.17) is 4.42 Å². The molecule has 0 aliphatic carbocycles. The first-order valence-corrected chi connectivity index (χ1v) is 4.95. The molecule has 1 aliphatic heterocycles. The third-order valence-electron chi connectivity index (χ3n) is 2.33. The molecule has 0 aromatic carbocycles. The Labute approximate surface area is 97.0 Å². The van der Waals surface area contributed by atoms with Gasteiger partial charge in [0.2, 0.25) is 11.8 Å². The molecule has 7 heteroatoms. The summed E-state index contributed by atoms with van der Waals surface area (Å²) in [7, 11) is 1.33. The van der Waals surface area contributed by atoms with Crippen LogP contribution >= 0.6 is 0 Å². The number of furan rings is 1. The van der Waals surface area contributed by atoms with Crippen LogP contribution in [0.2, 0.25) is 0 Å². The second-order valence-electron chi connectivity index (χ2n) is 3.34. The summed E-state index contributed by atoms with van der Waals surface area (Å²) in [5, 5.41) is 5.94. The van der Waals surface area contributed by atoms with Crippen molar-refractivity contribution >= 4 is 23.9 Å². The summed E-state index contributed by atoms with van der Waals surface area (Å²) in [5.74, 6) is -0.389. The first-order valence-electron chi connectivity index (χ1n) is 4.95. The molecule has 0 spiro atoms. The van der Waals surface area contributed by atoms with Gasteiger partial charge < -0.3 is 14.6 Å². The van der Waals surface area contributed by atoms with Gasteiger partial charge in [-0.15, -0.1) is 0 Å². The van der Waals surface area contributed by atoms with Crippen LogP contribution in [-0.4, -0.2) is 37.7 Å². The number of amides is 2.